The van der Waals surface area contributed by atoms with Crippen LogP contribution >= 0.6 is 11.3 Å². The summed E-state index contributed by atoms with van der Waals surface area (Å²) in [5.41, 5.74) is 0.720. The van der Waals surface area contributed by atoms with Gasteiger partial charge in [-0.05, 0) is 49.9 Å². The summed E-state index contributed by atoms with van der Waals surface area (Å²) < 4.78 is 5.05. The largest absolute Gasteiger partial charge is 0.465 e. The van der Waals surface area contributed by atoms with E-state index in [0.717, 1.165) is 25.1 Å². The molecule has 3 rings (SSSR count). The molecular formula is C20H24N2O3S. The first-order chi connectivity index (χ1) is 12.7. The Morgan fingerprint density at radius 2 is 2.04 bits per heavy atom. The Morgan fingerprint density at radius 3 is 2.73 bits per heavy atom. The Hall–Kier alpha value is -2.18. The van der Waals surface area contributed by atoms with E-state index in [2.05, 4.69) is 22.4 Å². The zero-order chi connectivity index (χ0) is 18.4. The number of amides is 1. The van der Waals surface area contributed by atoms with E-state index in [4.69, 9.17) is 4.74 Å². The third-order valence-electron chi connectivity index (χ3n) is 4.54. The summed E-state index contributed by atoms with van der Waals surface area (Å²) in [6.07, 6.45) is 2.15. The maximum atomic E-state index is 13.0. The molecule has 2 aromatic rings. The van der Waals surface area contributed by atoms with Crippen LogP contribution in [0.3, 0.4) is 0 Å². The molecule has 0 saturated carbocycles. The molecule has 0 radical (unpaired) electrons. The van der Waals surface area contributed by atoms with E-state index in [1.54, 1.807) is 18.3 Å². The number of esters is 1. The number of likely N-dealkylation sites (tertiary alicyclic amines) is 1. The topological polar surface area (TPSA) is 49.9 Å². The molecule has 1 atom stereocenters. The third kappa shape index (κ3) is 4.51. The van der Waals surface area contributed by atoms with Gasteiger partial charge in [0, 0.05) is 16.6 Å². The molecule has 6 heteroatoms. The molecule has 1 aliphatic rings. The molecule has 1 aliphatic heterocycles. The smallest absolute Gasteiger partial charge is 0.326 e. The molecule has 2 heterocycles. The van der Waals surface area contributed by atoms with Crippen LogP contribution in [0.2, 0.25) is 0 Å². The first-order valence-electron chi connectivity index (χ1n) is 8.97. The van der Waals surface area contributed by atoms with Crippen LogP contribution in [0, 0.1) is 0 Å². The lowest BCUT2D eigenvalue weighted by Crippen LogP contribution is -2.43. The summed E-state index contributed by atoms with van der Waals surface area (Å²) in [7, 11) is 0. The van der Waals surface area contributed by atoms with E-state index < -0.39 is 0 Å². The second-order valence-electron chi connectivity index (χ2n) is 6.26. The van der Waals surface area contributed by atoms with E-state index >= 15 is 0 Å². The van der Waals surface area contributed by atoms with Crippen LogP contribution in [0.5, 0.6) is 0 Å². The molecule has 5 nitrogen and oxygen atoms in total. The van der Waals surface area contributed by atoms with E-state index in [9.17, 15) is 9.59 Å². The van der Waals surface area contributed by atoms with Crippen molar-refractivity contribution in [3.63, 3.8) is 0 Å². The first-order valence-corrected chi connectivity index (χ1v) is 9.85. The monoisotopic (exact) mass is 372 g/mol. The van der Waals surface area contributed by atoms with Crippen molar-refractivity contribution in [2.75, 3.05) is 31.1 Å². The summed E-state index contributed by atoms with van der Waals surface area (Å²) in [4.78, 5) is 30.1. The van der Waals surface area contributed by atoms with Gasteiger partial charge in [-0.3, -0.25) is 14.5 Å². The van der Waals surface area contributed by atoms with Crippen LogP contribution in [0.25, 0.3) is 0 Å². The van der Waals surface area contributed by atoms with Gasteiger partial charge in [0.25, 0.3) is 0 Å². The number of carbonyl (C=O) groups excluding carboxylic acids is 2. The number of para-hydroxylation sites is 1. The number of hydrogen-bond acceptors (Lipinski definition) is 5. The van der Waals surface area contributed by atoms with Crippen molar-refractivity contribution in [1.29, 1.82) is 0 Å². The van der Waals surface area contributed by atoms with Crippen LogP contribution < -0.4 is 4.90 Å². The highest BCUT2D eigenvalue weighted by molar-refractivity contribution is 7.10. The van der Waals surface area contributed by atoms with Crippen LogP contribution in [-0.4, -0.2) is 43.0 Å². The average Bonchev–Trinajstić information content (AvgIpc) is 3.32. The van der Waals surface area contributed by atoms with Gasteiger partial charge in [-0.2, -0.15) is 0 Å². The van der Waals surface area contributed by atoms with Gasteiger partial charge in [-0.25, -0.2) is 0 Å². The van der Waals surface area contributed by atoms with Crippen LogP contribution in [0.4, 0.5) is 5.69 Å². The van der Waals surface area contributed by atoms with Crippen molar-refractivity contribution in [2.24, 2.45) is 0 Å². The molecule has 0 bridgehead atoms. The van der Waals surface area contributed by atoms with Crippen LogP contribution in [-0.2, 0) is 14.3 Å². The number of rotatable bonds is 7. The number of carbonyl (C=O) groups is 2. The van der Waals surface area contributed by atoms with Gasteiger partial charge in [-0.15, -0.1) is 11.3 Å². The van der Waals surface area contributed by atoms with Crippen molar-refractivity contribution in [3.8, 4) is 0 Å². The van der Waals surface area contributed by atoms with Crippen molar-refractivity contribution in [2.45, 2.75) is 25.8 Å². The standard InChI is InChI=1S/C20H24N2O3S/c1-2-25-20(24)15-22(16-8-4-3-5-9-16)19(23)14-21-12-6-10-17(21)18-11-7-13-26-18/h3-5,7-9,11,13,17H,2,6,10,12,14-15H2,1H3/t17-/m1/s1. The molecule has 0 N–H and O–H groups in total. The normalized spacial score (nSPS) is 17.2. The van der Waals surface area contributed by atoms with E-state index in [0.29, 0.717) is 19.2 Å². The van der Waals surface area contributed by atoms with Crippen molar-refractivity contribution >= 4 is 28.9 Å². The Balaban J connectivity index is 1.73. The number of nitrogens with zero attached hydrogens (tertiary/aromatic N) is 2. The molecule has 1 amide bonds. The fraction of sp³-hybridized carbons (Fsp3) is 0.400. The summed E-state index contributed by atoms with van der Waals surface area (Å²) in [5, 5.41) is 2.07. The zero-order valence-corrected chi connectivity index (χ0v) is 15.8. The molecule has 138 valence electrons. The van der Waals surface area contributed by atoms with Gasteiger partial charge in [0.2, 0.25) is 5.91 Å². The summed E-state index contributed by atoms with van der Waals surface area (Å²) in [5.74, 6) is -0.464. The maximum Gasteiger partial charge on any atom is 0.326 e. The lowest BCUT2D eigenvalue weighted by molar-refractivity contribution is -0.142. The number of anilines is 1. The highest BCUT2D eigenvalue weighted by Gasteiger charge is 2.30. The molecule has 0 unspecified atom stereocenters. The van der Waals surface area contributed by atoms with Gasteiger partial charge in [0.05, 0.1) is 13.2 Å². The quantitative estimate of drug-likeness (QED) is 0.698. The Kier molecular flexibility index (Phi) is 6.41. The second kappa shape index (κ2) is 8.96. The maximum absolute atomic E-state index is 13.0. The predicted octanol–water partition coefficient (Wildman–Crippen LogP) is 3.48. The second-order valence-corrected chi connectivity index (χ2v) is 7.24. The summed E-state index contributed by atoms with van der Waals surface area (Å²) in [6.45, 7) is 3.21. The van der Waals surface area contributed by atoms with Crippen molar-refractivity contribution in [1.82, 2.24) is 4.90 Å². The number of benzene rings is 1. The van der Waals surface area contributed by atoms with E-state index in [-0.39, 0.29) is 18.4 Å². The average molecular weight is 372 g/mol. The molecule has 1 fully saturated rings. The Bertz CT molecular complexity index is 718. The molecule has 0 aliphatic carbocycles. The van der Waals surface area contributed by atoms with E-state index in [1.807, 2.05) is 30.3 Å². The Labute approximate surface area is 158 Å². The summed E-state index contributed by atoms with van der Waals surface area (Å²) in [6, 6.07) is 13.8. The van der Waals surface area contributed by atoms with Crippen molar-refractivity contribution < 1.29 is 14.3 Å². The Morgan fingerprint density at radius 1 is 1.23 bits per heavy atom. The molecule has 1 aromatic carbocycles. The van der Waals surface area contributed by atoms with Crippen LogP contribution in [0.1, 0.15) is 30.7 Å². The lowest BCUT2D eigenvalue weighted by Gasteiger charge is -2.27. The fourth-order valence-electron chi connectivity index (χ4n) is 3.34. The lowest BCUT2D eigenvalue weighted by atomic mass is 10.2. The number of hydrogen-bond donors (Lipinski definition) is 0. The van der Waals surface area contributed by atoms with Gasteiger partial charge >= 0.3 is 5.97 Å². The number of ether oxygens (including phenoxy) is 1. The van der Waals surface area contributed by atoms with Gasteiger partial charge < -0.3 is 9.64 Å². The van der Waals surface area contributed by atoms with Crippen LogP contribution in [0.15, 0.2) is 47.8 Å². The highest BCUT2D eigenvalue weighted by atomic mass is 32.1. The minimum atomic E-state index is -0.388. The number of thiophene rings is 1. The summed E-state index contributed by atoms with van der Waals surface area (Å²) >= 11 is 1.73. The SMILES string of the molecule is CCOC(=O)CN(C(=O)CN1CCC[C@@H]1c1cccs1)c1ccccc1. The first kappa shape index (κ1) is 18.6. The minimum Gasteiger partial charge on any atom is -0.465 e. The molecule has 1 saturated heterocycles. The highest BCUT2D eigenvalue weighted by Crippen LogP contribution is 2.34. The van der Waals surface area contributed by atoms with Gasteiger partial charge in [0.1, 0.15) is 6.54 Å². The van der Waals surface area contributed by atoms with E-state index in [1.165, 1.54) is 9.78 Å². The molecule has 0 spiro atoms. The molecule has 26 heavy (non-hydrogen) atoms. The third-order valence-corrected chi connectivity index (χ3v) is 5.51. The zero-order valence-electron chi connectivity index (χ0n) is 15.0. The predicted molar refractivity (Wildman–Crippen MR) is 103 cm³/mol. The fourth-order valence-corrected chi connectivity index (χ4v) is 4.24. The molecule has 1 aromatic heterocycles. The van der Waals surface area contributed by atoms with Gasteiger partial charge in [-0.1, -0.05) is 24.3 Å². The molecular weight excluding hydrogens is 348 g/mol. The van der Waals surface area contributed by atoms with Gasteiger partial charge in [0.15, 0.2) is 0 Å². The van der Waals surface area contributed by atoms with Crippen molar-refractivity contribution in [3.05, 3.63) is 52.7 Å². The minimum absolute atomic E-state index is 0.0613.